The summed E-state index contributed by atoms with van der Waals surface area (Å²) < 4.78 is 9.71. The minimum atomic E-state index is -0.478. The van der Waals surface area contributed by atoms with E-state index >= 15 is 0 Å². The van der Waals surface area contributed by atoms with Gasteiger partial charge in [0.2, 0.25) is 5.91 Å². The molecule has 2 aromatic carbocycles. The van der Waals surface area contributed by atoms with E-state index in [1.165, 1.54) is 12.0 Å². The van der Waals surface area contributed by atoms with Gasteiger partial charge in [-0.25, -0.2) is 4.79 Å². The molecule has 2 aromatic rings. The highest BCUT2D eigenvalue weighted by atomic mass is 16.6. The van der Waals surface area contributed by atoms with E-state index in [-0.39, 0.29) is 25.0 Å². The van der Waals surface area contributed by atoms with Gasteiger partial charge in [0.25, 0.3) is 5.91 Å². The SMILES string of the molecule is COC(=O)COc1ccc(NC(=O)CN(C)C(=O)c2ccccc2)cc1. The standard InChI is InChI=1S/C19H20N2O5/c1-21(19(24)14-6-4-3-5-7-14)12-17(22)20-15-8-10-16(11-9-15)26-13-18(23)25-2/h3-11H,12-13H2,1-2H3,(H,20,22). The molecule has 0 radical (unpaired) electrons. The highest BCUT2D eigenvalue weighted by molar-refractivity contribution is 5.99. The summed E-state index contributed by atoms with van der Waals surface area (Å²) in [4.78, 5) is 36.7. The average molecular weight is 356 g/mol. The number of nitrogens with one attached hydrogen (secondary N) is 1. The van der Waals surface area contributed by atoms with Gasteiger partial charge in [-0.2, -0.15) is 0 Å². The molecule has 7 nitrogen and oxygen atoms in total. The highest BCUT2D eigenvalue weighted by Gasteiger charge is 2.14. The molecule has 0 fully saturated rings. The van der Waals surface area contributed by atoms with E-state index in [1.54, 1.807) is 55.6 Å². The number of esters is 1. The molecule has 2 amide bonds. The second-order valence-corrected chi connectivity index (χ2v) is 5.46. The molecule has 0 aliphatic carbocycles. The maximum absolute atomic E-state index is 12.2. The molecule has 0 heterocycles. The third kappa shape index (κ3) is 5.62. The molecule has 0 aromatic heterocycles. The fraction of sp³-hybridized carbons (Fsp3) is 0.211. The summed E-state index contributed by atoms with van der Waals surface area (Å²) in [5, 5.41) is 2.70. The Bertz CT molecular complexity index is 759. The van der Waals surface area contributed by atoms with E-state index in [1.807, 2.05) is 6.07 Å². The van der Waals surface area contributed by atoms with Gasteiger partial charge < -0.3 is 19.7 Å². The number of methoxy groups -OCH3 is 1. The number of hydrogen-bond acceptors (Lipinski definition) is 5. The minimum Gasteiger partial charge on any atom is -0.482 e. The lowest BCUT2D eigenvalue weighted by atomic mass is 10.2. The molecule has 26 heavy (non-hydrogen) atoms. The van der Waals surface area contributed by atoms with Gasteiger partial charge in [0.15, 0.2) is 6.61 Å². The van der Waals surface area contributed by atoms with Crippen molar-refractivity contribution in [3.05, 3.63) is 60.2 Å². The van der Waals surface area contributed by atoms with Gasteiger partial charge in [-0.3, -0.25) is 9.59 Å². The lowest BCUT2D eigenvalue weighted by Gasteiger charge is -2.17. The molecule has 0 unspecified atom stereocenters. The van der Waals surface area contributed by atoms with Crippen LogP contribution < -0.4 is 10.1 Å². The smallest absolute Gasteiger partial charge is 0.343 e. The van der Waals surface area contributed by atoms with Crippen LogP contribution in [0.15, 0.2) is 54.6 Å². The summed E-state index contributed by atoms with van der Waals surface area (Å²) >= 11 is 0. The Labute approximate surface area is 151 Å². The summed E-state index contributed by atoms with van der Waals surface area (Å²) in [6, 6.07) is 15.3. The molecule has 7 heteroatoms. The maximum atomic E-state index is 12.2. The quantitative estimate of drug-likeness (QED) is 0.767. The topological polar surface area (TPSA) is 84.9 Å². The van der Waals surface area contributed by atoms with Crippen molar-refractivity contribution in [2.75, 3.05) is 32.6 Å². The van der Waals surface area contributed by atoms with Crippen LogP contribution in [0.4, 0.5) is 5.69 Å². The van der Waals surface area contributed by atoms with Crippen molar-refractivity contribution in [2.24, 2.45) is 0 Å². The zero-order valence-corrected chi connectivity index (χ0v) is 14.6. The number of rotatable bonds is 7. The first-order valence-electron chi connectivity index (χ1n) is 7.89. The fourth-order valence-electron chi connectivity index (χ4n) is 2.12. The Hall–Kier alpha value is -3.35. The van der Waals surface area contributed by atoms with Gasteiger partial charge in [-0.05, 0) is 36.4 Å². The molecule has 136 valence electrons. The van der Waals surface area contributed by atoms with Crippen LogP contribution in [0, 0.1) is 0 Å². The van der Waals surface area contributed by atoms with E-state index in [0.29, 0.717) is 17.0 Å². The van der Waals surface area contributed by atoms with E-state index in [2.05, 4.69) is 10.1 Å². The lowest BCUT2D eigenvalue weighted by Crippen LogP contribution is -2.34. The number of carbonyl (C=O) groups excluding carboxylic acids is 3. The van der Waals surface area contributed by atoms with Crippen LogP contribution >= 0.6 is 0 Å². The monoisotopic (exact) mass is 356 g/mol. The molecule has 0 saturated carbocycles. The Morgan fingerprint density at radius 1 is 1.00 bits per heavy atom. The zero-order chi connectivity index (χ0) is 18.9. The number of hydrogen-bond donors (Lipinski definition) is 1. The van der Waals surface area contributed by atoms with Crippen LogP contribution in [0.2, 0.25) is 0 Å². The number of ether oxygens (including phenoxy) is 2. The van der Waals surface area contributed by atoms with Gasteiger partial charge in [0.05, 0.1) is 13.7 Å². The zero-order valence-electron chi connectivity index (χ0n) is 14.6. The molecule has 0 bridgehead atoms. The largest absolute Gasteiger partial charge is 0.482 e. The van der Waals surface area contributed by atoms with Crippen molar-refractivity contribution >= 4 is 23.5 Å². The molecule has 0 saturated heterocycles. The second-order valence-electron chi connectivity index (χ2n) is 5.46. The number of likely N-dealkylation sites (N-methyl/N-ethyl adjacent to an activating group) is 1. The number of anilines is 1. The third-order valence-corrected chi connectivity index (χ3v) is 3.47. The summed E-state index contributed by atoms with van der Waals surface area (Å²) in [5.41, 5.74) is 1.08. The van der Waals surface area contributed by atoms with Crippen LogP contribution in [0.1, 0.15) is 10.4 Å². The maximum Gasteiger partial charge on any atom is 0.343 e. The van der Waals surface area contributed by atoms with Crippen molar-refractivity contribution < 1.29 is 23.9 Å². The van der Waals surface area contributed by atoms with Crippen molar-refractivity contribution in [1.29, 1.82) is 0 Å². The van der Waals surface area contributed by atoms with Gasteiger partial charge >= 0.3 is 5.97 Å². The molecule has 0 spiro atoms. The third-order valence-electron chi connectivity index (χ3n) is 3.47. The van der Waals surface area contributed by atoms with Crippen LogP contribution in [-0.4, -0.2) is 50.0 Å². The van der Waals surface area contributed by atoms with Crippen LogP contribution in [0.5, 0.6) is 5.75 Å². The molecule has 0 atom stereocenters. The molecular weight excluding hydrogens is 336 g/mol. The molecule has 0 aliphatic rings. The number of benzene rings is 2. The summed E-state index contributed by atoms with van der Waals surface area (Å²) in [7, 11) is 2.85. The molecule has 2 rings (SSSR count). The second kappa shape index (κ2) is 9.22. The number of amides is 2. The van der Waals surface area contributed by atoms with E-state index in [0.717, 1.165) is 0 Å². The van der Waals surface area contributed by atoms with Crippen molar-refractivity contribution in [1.82, 2.24) is 4.90 Å². The Kier molecular flexibility index (Phi) is 6.73. The highest BCUT2D eigenvalue weighted by Crippen LogP contribution is 2.15. The van der Waals surface area contributed by atoms with E-state index < -0.39 is 5.97 Å². The predicted molar refractivity (Wildman–Crippen MR) is 96.0 cm³/mol. The average Bonchev–Trinajstić information content (AvgIpc) is 2.67. The molecular formula is C19H20N2O5. The Morgan fingerprint density at radius 2 is 1.65 bits per heavy atom. The number of nitrogens with zero attached hydrogens (tertiary/aromatic N) is 1. The first kappa shape index (κ1) is 19.0. The van der Waals surface area contributed by atoms with Crippen molar-refractivity contribution in [3.63, 3.8) is 0 Å². The van der Waals surface area contributed by atoms with Crippen molar-refractivity contribution in [2.45, 2.75) is 0 Å². The van der Waals surface area contributed by atoms with Crippen LogP contribution in [0.25, 0.3) is 0 Å². The van der Waals surface area contributed by atoms with Crippen LogP contribution in [-0.2, 0) is 14.3 Å². The van der Waals surface area contributed by atoms with Gasteiger partial charge in [0.1, 0.15) is 5.75 Å². The molecule has 0 aliphatic heterocycles. The Balaban J connectivity index is 1.85. The predicted octanol–water partition coefficient (Wildman–Crippen LogP) is 1.95. The summed E-state index contributed by atoms with van der Waals surface area (Å²) in [5.74, 6) is -0.550. The normalized spacial score (nSPS) is 9.92. The van der Waals surface area contributed by atoms with Gasteiger partial charge in [0, 0.05) is 18.3 Å². The fourth-order valence-corrected chi connectivity index (χ4v) is 2.12. The van der Waals surface area contributed by atoms with Crippen LogP contribution in [0.3, 0.4) is 0 Å². The molecule has 1 N–H and O–H groups in total. The lowest BCUT2D eigenvalue weighted by molar-refractivity contribution is -0.142. The van der Waals surface area contributed by atoms with E-state index in [9.17, 15) is 14.4 Å². The van der Waals surface area contributed by atoms with Gasteiger partial charge in [-0.1, -0.05) is 18.2 Å². The summed E-state index contributed by atoms with van der Waals surface area (Å²) in [6.45, 7) is -0.261. The first-order valence-corrected chi connectivity index (χ1v) is 7.89. The van der Waals surface area contributed by atoms with Crippen molar-refractivity contribution in [3.8, 4) is 5.75 Å². The minimum absolute atomic E-state index is 0.0751. The van der Waals surface area contributed by atoms with Gasteiger partial charge in [-0.15, -0.1) is 0 Å². The number of carbonyl (C=O) groups is 3. The van der Waals surface area contributed by atoms with E-state index in [4.69, 9.17) is 4.74 Å². The Morgan fingerprint density at radius 3 is 2.27 bits per heavy atom. The first-order chi connectivity index (χ1) is 12.5. The summed E-state index contributed by atoms with van der Waals surface area (Å²) in [6.07, 6.45) is 0.